The summed E-state index contributed by atoms with van der Waals surface area (Å²) in [5, 5.41) is 5.29. The molecule has 0 aliphatic heterocycles. The lowest BCUT2D eigenvalue weighted by molar-refractivity contribution is 0.416. The maximum Gasteiger partial charge on any atom is 0.143 e. The third-order valence-corrected chi connectivity index (χ3v) is 3.97. The summed E-state index contributed by atoms with van der Waals surface area (Å²) in [7, 11) is 1.61. The van der Waals surface area contributed by atoms with Crippen LogP contribution in [0.2, 0.25) is 15.1 Å². The minimum atomic E-state index is 0.552. The lowest BCUT2D eigenvalue weighted by Gasteiger charge is -2.14. The second-order valence-corrected chi connectivity index (χ2v) is 5.64. The van der Waals surface area contributed by atoms with Gasteiger partial charge in [0.2, 0.25) is 0 Å². The van der Waals surface area contributed by atoms with E-state index < -0.39 is 0 Å². The molecule has 20 heavy (non-hydrogen) atoms. The predicted octanol–water partition coefficient (Wildman–Crippen LogP) is 5.58. The van der Waals surface area contributed by atoms with Gasteiger partial charge in [0.15, 0.2) is 0 Å². The monoisotopic (exact) mass is 329 g/mol. The Labute approximate surface area is 133 Å². The molecule has 2 nitrogen and oxygen atoms in total. The Hall–Kier alpha value is -1.09. The zero-order valence-electron chi connectivity index (χ0n) is 11.1. The first kappa shape index (κ1) is 15.3. The van der Waals surface area contributed by atoms with Crippen molar-refractivity contribution in [2.45, 2.75) is 13.5 Å². The molecule has 0 atom stereocenters. The number of rotatable bonds is 4. The molecule has 0 aliphatic rings. The highest BCUT2D eigenvalue weighted by atomic mass is 35.5. The Kier molecular flexibility index (Phi) is 5.03. The van der Waals surface area contributed by atoms with Crippen LogP contribution in [0.5, 0.6) is 5.75 Å². The number of hydrogen-bond acceptors (Lipinski definition) is 2. The number of ether oxygens (including phenoxy) is 1. The van der Waals surface area contributed by atoms with E-state index in [4.69, 9.17) is 39.5 Å². The van der Waals surface area contributed by atoms with Crippen LogP contribution in [-0.4, -0.2) is 7.11 Å². The van der Waals surface area contributed by atoms with Gasteiger partial charge >= 0.3 is 0 Å². The van der Waals surface area contributed by atoms with E-state index in [-0.39, 0.29) is 0 Å². The van der Waals surface area contributed by atoms with Crippen molar-refractivity contribution in [3.05, 3.63) is 56.5 Å². The fourth-order valence-electron chi connectivity index (χ4n) is 1.84. The lowest BCUT2D eigenvalue weighted by Crippen LogP contribution is -2.02. The molecule has 0 fully saturated rings. The topological polar surface area (TPSA) is 21.3 Å². The van der Waals surface area contributed by atoms with Gasteiger partial charge in [-0.05, 0) is 42.3 Å². The van der Waals surface area contributed by atoms with Crippen molar-refractivity contribution in [1.29, 1.82) is 0 Å². The summed E-state index contributed by atoms with van der Waals surface area (Å²) in [5.41, 5.74) is 2.77. The van der Waals surface area contributed by atoms with E-state index in [9.17, 15) is 0 Å². The van der Waals surface area contributed by atoms with E-state index in [1.54, 1.807) is 25.3 Å². The second kappa shape index (κ2) is 6.57. The lowest BCUT2D eigenvalue weighted by atomic mass is 10.2. The van der Waals surface area contributed by atoms with Crippen molar-refractivity contribution in [1.82, 2.24) is 0 Å². The van der Waals surface area contributed by atoms with Crippen molar-refractivity contribution >= 4 is 40.5 Å². The van der Waals surface area contributed by atoms with Crippen LogP contribution < -0.4 is 10.1 Å². The maximum absolute atomic E-state index is 6.14. The Morgan fingerprint density at radius 2 is 1.80 bits per heavy atom. The molecule has 0 unspecified atom stereocenters. The van der Waals surface area contributed by atoms with Gasteiger partial charge in [-0.1, -0.05) is 34.8 Å². The van der Waals surface area contributed by atoms with Crippen molar-refractivity contribution in [2.75, 3.05) is 12.4 Å². The first-order chi connectivity index (χ1) is 9.51. The first-order valence-corrected chi connectivity index (χ1v) is 7.16. The van der Waals surface area contributed by atoms with Crippen LogP contribution in [0.4, 0.5) is 5.69 Å². The van der Waals surface area contributed by atoms with Crippen LogP contribution in [0.15, 0.2) is 30.3 Å². The highest BCUT2D eigenvalue weighted by Crippen LogP contribution is 2.32. The molecule has 0 saturated heterocycles. The SMILES string of the molecule is COc1cc(Cl)c(C)cc1NCc1cc(Cl)ccc1Cl. The van der Waals surface area contributed by atoms with Gasteiger partial charge in [0.05, 0.1) is 12.8 Å². The summed E-state index contributed by atoms with van der Waals surface area (Å²) in [6, 6.07) is 9.12. The predicted molar refractivity (Wildman–Crippen MR) is 86.5 cm³/mol. The van der Waals surface area contributed by atoms with E-state index in [1.807, 2.05) is 19.1 Å². The summed E-state index contributed by atoms with van der Waals surface area (Å²) in [6.07, 6.45) is 0. The van der Waals surface area contributed by atoms with E-state index >= 15 is 0 Å². The summed E-state index contributed by atoms with van der Waals surface area (Å²) >= 11 is 18.2. The fourth-order valence-corrected chi connectivity index (χ4v) is 2.37. The number of anilines is 1. The molecule has 2 aromatic rings. The number of halogens is 3. The molecule has 0 saturated carbocycles. The van der Waals surface area contributed by atoms with Gasteiger partial charge in [-0.3, -0.25) is 0 Å². The van der Waals surface area contributed by atoms with Crippen LogP contribution >= 0.6 is 34.8 Å². The molecule has 0 bridgehead atoms. The maximum atomic E-state index is 6.14. The molecule has 0 aliphatic carbocycles. The molecular formula is C15H14Cl3NO. The highest BCUT2D eigenvalue weighted by molar-refractivity contribution is 6.33. The van der Waals surface area contributed by atoms with E-state index in [2.05, 4.69) is 5.32 Å². The van der Waals surface area contributed by atoms with Gasteiger partial charge in [-0.2, -0.15) is 0 Å². The minimum absolute atomic E-state index is 0.552. The van der Waals surface area contributed by atoms with Crippen molar-refractivity contribution in [3.8, 4) is 5.75 Å². The Morgan fingerprint density at radius 3 is 2.50 bits per heavy atom. The molecule has 0 spiro atoms. The second-order valence-electron chi connectivity index (χ2n) is 4.39. The van der Waals surface area contributed by atoms with Crippen molar-refractivity contribution < 1.29 is 4.74 Å². The average Bonchev–Trinajstić information content (AvgIpc) is 2.43. The third-order valence-electron chi connectivity index (χ3n) is 2.96. The molecule has 2 aromatic carbocycles. The molecule has 106 valence electrons. The molecule has 0 aromatic heterocycles. The van der Waals surface area contributed by atoms with Crippen LogP contribution in [0.3, 0.4) is 0 Å². The van der Waals surface area contributed by atoms with Crippen LogP contribution in [-0.2, 0) is 6.54 Å². The summed E-state index contributed by atoms with van der Waals surface area (Å²) in [5.74, 6) is 0.693. The molecule has 0 radical (unpaired) electrons. The van der Waals surface area contributed by atoms with E-state index in [0.717, 1.165) is 16.8 Å². The van der Waals surface area contributed by atoms with Gasteiger partial charge in [0.25, 0.3) is 0 Å². The molecule has 0 amide bonds. The number of methoxy groups -OCH3 is 1. The van der Waals surface area contributed by atoms with Crippen LogP contribution in [0, 0.1) is 6.92 Å². The summed E-state index contributed by atoms with van der Waals surface area (Å²) < 4.78 is 5.32. The fraction of sp³-hybridized carbons (Fsp3) is 0.200. The third kappa shape index (κ3) is 3.51. The van der Waals surface area contributed by atoms with Crippen LogP contribution in [0.25, 0.3) is 0 Å². The van der Waals surface area contributed by atoms with Gasteiger partial charge < -0.3 is 10.1 Å². The normalized spacial score (nSPS) is 10.4. The Balaban J connectivity index is 2.22. The molecular weight excluding hydrogens is 317 g/mol. The Morgan fingerprint density at radius 1 is 1.05 bits per heavy atom. The Bertz CT molecular complexity index is 629. The minimum Gasteiger partial charge on any atom is -0.495 e. The van der Waals surface area contributed by atoms with Crippen LogP contribution in [0.1, 0.15) is 11.1 Å². The van der Waals surface area contributed by atoms with Crippen molar-refractivity contribution in [2.24, 2.45) is 0 Å². The standard InChI is InChI=1S/C15H14Cl3NO/c1-9-5-14(15(20-2)7-13(9)18)19-8-10-6-11(16)3-4-12(10)17/h3-7,19H,8H2,1-2H3. The van der Waals surface area contributed by atoms with Gasteiger partial charge in [-0.25, -0.2) is 0 Å². The summed E-state index contributed by atoms with van der Waals surface area (Å²) in [6.45, 7) is 2.50. The van der Waals surface area contributed by atoms with Gasteiger partial charge in [0.1, 0.15) is 5.75 Å². The highest BCUT2D eigenvalue weighted by Gasteiger charge is 2.08. The zero-order chi connectivity index (χ0) is 14.7. The first-order valence-electron chi connectivity index (χ1n) is 6.03. The molecule has 5 heteroatoms. The number of benzene rings is 2. The van der Waals surface area contributed by atoms with E-state index in [0.29, 0.717) is 27.4 Å². The molecule has 1 N–H and O–H groups in total. The number of aryl methyl sites for hydroxylation is 1. The molecule has 2 rings (SSSR count). The zero-order valence-corrected chi connectivity index (χ0v) is 13.4. The number of nitrogens with one attached hydrogen (secondary N) is 1. The summed E-state index contributed by atoms with van der Waals surface area (Å²) in [4.78, 5) is 0. The molecule has 0 heterocycles. The number of hydrogen-bond donors (Lipinski definition) is 1. The smallest absolute Gasteiger partial charge is 0.143 e. The quantitative estimate of drug-likeness (QED) is 0.790. The van der Waals surface area contributed by atoms with Crippen molar-refractivity contribution in [3.63, 3.8) is 0 Å². The average molecular weight is 331 g/mol. The van der Waals surface area contributed by atoms with E-state index in [1.165, 1.54) is 0 Å². The largest absolute Gasteiger partial charge is 0.495 e. The van der Waals surface area contributed by atoms with Gasteiger partial charge in [-0.15, -0.1) is 0 Å². The van der Waals surface area contributed by atoms with Gasteiger partial charge in [0, 0.05) is 27.7 Å².